The Kier molecular flexibility index (Phi) is 1.79. The Morgan fingerprint density at radius 1 is 1.23 bits per heavy atom. The zero-order valence-electron chi connectivity index (χ0n) is 6.60. The van der Waals surface area contributed by atoms with E-state index in [0.29, 0.717) is 5.75 Å². The summed E-state index contributed by atoms with van der Waals surface area (Å²) >= 11 is 0. The lowest BCUT2D eigenvalue weighted by Gasteiger charge is -2.06. The summed E-state index contributed by atoms with van der Waals surface area (Å²) in [6.45, 7) is 0.0263. The molecule has 1 aromatic rings. The van der Waals surface area contributed by atoms with Gasteiger partial charge in [-0.2, -0.15) is 0 Å². The molecular formula is C7H7BO5. The van der Waals surface area contributed by atoms with Crippen molar-refractivity contribution in [3.63, 3.8) is 0 Å². The zero-order chi connectivity index (χ0) is 9.42. The average Bonchev–Trinajstić information content (AvgIpc) is 2.50. The van der Waals surface area contributed by atoms with Crippen LogP contribution in [0.1, 0.15) is 0 Å². The number of ether oxygens (including phenoxy) is 2. The second-order valence-corrected chi connectivity index (χ2v) is 2.61. The number of hydrogen-bond acceptors (Lipinski definition) is 5. The molecule has 0 unspecified atom stereocenters. The molecule has 0 aliphatic carbocycles. The third-order valence-electron chi connectivity index (χ3n) is 1.81. The predicted molar refractivity (Wildman–Crippen MR) is 44.1 cm³/mol. The lowest BCUT2D eigenvalue weighted by molar-refractivity contribution is 0.174. The van der Waals surface area contributed by atoms with E-state index in [0.717, 1.165) is 0 Å². The first kappa shape index (κ1) is 8.21. The van der Waals surface area contributed by atoms with Crippen molar-refractivity contribution in [3.05, 3.63) is 12.1 Å². The number of hydrogen-bond donors (Lipinski definition) is 3. The van der Waals surface area contributed by atoms with Gasteiger partial charge in [0.15, 0.2) is 11.5 Å². The van der Waals surface area contributed by atoms with Crippen molar-refractivity contribution in [3.8, 4) is 17.2 Å². The second kappa shape index (κ2) is 2.83. The highest BCUT2D eigenvalue weighted by Gasteiger charge is 2.28. The molecule has 1 aromatic carbocycles. The van der Waals surface area contributed by atoms with Gasteiger partial charge in [-0.05, 0) is 12.1 Å². The van der Waals surface area contributed by atoms with E-state index < -0.39 is 7.12 Å². The first-order chi connectivity index (χ1) is 6.20. The third-order valence-corrected chi connectivity index (χ3v) is 1.81. The van der Waals surface area contributed by atoms with Crippen LogP contribution in [0.2, 0.25) is 0 Å². The van der Waals surface area contributed by atoms with Crippen molar-refractivity contribution in [2.75, 3.05) is 6.79 Å². The van der Waals surface area contributed by atoms with Gasteiger partial charge >= 0.3 is 7.12 Å². The molecule has 0 saturated heterocycles. The Morgan fingerprint density at radius 3 is 2.69 bits per heavy atom. The zero-order valence-corrected chi connectivity index (χ0v) is 6.60. The van der Waals surface area contributed by atoms with E-state index in [4.69, 9.17) is 19.5 Å². The minimum absolute atomic E-state index is 0.0263. The largest absolute Gasteiger partial charge is 0.508 e. The average molecular weight is 182 g/mol. The van der Waals surface area contributed by atoms with Crippen LogP contribution in [-0.2, 0) is 0 Å². The minimum atomic E-state index is -1.77. The summed E-state index contributed by atoms with van der Waals surface area (Å²) in [5.41, 5.74) is -0.0602. The van der Waals surface area contributed by atoms with Crippen LogP contribution in [0, 0.1) is 0 Å². The highest BCUT2D eigenvalue weighted by molar-refractivity contribution is 6.61. The fourth-order valence-corrected chi connectivity index (χ4v) is 1.23. The summed E-state index contributed by atoms with van der Waals surface area (Å²) in [5, 5.41) is 27.1. The van der Waals surface area contributed by atoms with Crippen molar-refractivity contribution < 1.29 is 24.6 Å². The lowest BCUT2D eigenvalue weighted by Crippen LogP contribution is -2.31. The van der Waals surface area contributed by atoms with E-state index in [2.05, 4.69) is 0 Å². The molecule has 0 spiro atoms. The van der Waals surface area contributed by atoms with Gasteiger partial charge in [-0.3, -0.25) is 0 Å². The molecule has 0 aromatic heterocycles. The number of fused-ring (bicyclic) bond motifs is 1. The van der Waals surface area contributed by atoms with Crippen molar-refractivity contribution in [1.82, 2.24) is 0 Å². The molecule has 13 heavy (non-hydrogen) atoms. The molecule has 0 radical (unpaired) electrons. The van der Waals surface area contributed by atoms with Crippen molar-refractivity contribution >= 4 is 12.6 Å². The molecule has 0 fully saturated rings. The number of rotatable bonds is 1. The van der Waals surface area contributed by atoms with Gasteiger partial charge in [-0.15, -0.1) is 0 Å². The van der Waals surface area contributed by atoms with Crippen LogP contribution in [-0.4, -0.2) is 29.1 Å². The fourth-order valence-electron chi connectivity index (χ4n) is 1.23. The second-order valence-electron chi connectivity index (χ2n) is 2.61. The standard InChI is InChI=1S/C7H7BO5/c9-4-1-2-5-7(13-3-12-5)6(4)8(10)11/h1-2,9-11H,3H2. The SMILES string of the molecule is OB(O)c1c(O)ccc2c1OCO2. The maximum Gasteiger partial charge on any atom is 0.496 e. The van der Waals surface area contributed by atoms with Crippen LogP contribution in [0.15, 0.2) is 12.1 Å². The van der Waals surface area contributed by atoms with Gasteiger partial charge in [-0.1, -0.05) is 0 Å². The number of benzene rings is 1. The summed E-state index contributed by atoms with van der Waals surface area (Å²) in [7, 11) is -1.77. The van der Waals surface area contributed by atoms with Crippen LogP contribution >= 0.6 is 0 Å². The summed E-state index contributed by atoms with van der Waals surface area (Å²) in [6, 6.07) is 2.83. The molecule has 2 rings (SSSR count). The predicted octanol–water partition coefficient (Wildman–Crippen LogP) is -1.20. The molecule has 1 heterocycles. The lowest BCUT2D eigenvalue weighted by atomic mass is 9.78. The van der Waals surface area contributed by atoms with Crippen LogP contribution in [0.3, 0.4) is 0 Å². The van der Waals surface area contributed by atoms with Gasteiger partial charge in [0.1, 0.15) is 5.75 Å². The number of phenolic OH excluding ortho intramolecular Hbond substituents is 1. The van der Waals surface area contributed by atoms with Crippen LogP contribution in [0.4, 0.5) is 0 Å². The van der Waals surface area contributed by atoms with E-state index in [1.165, 1.54) is 12.1 Å². The Morgan fingerprint density at radius 2 is 2.00 bits per heavy atom. The van der Waals surface area contributed by atoms with E-state index in [1.807, 2.05) is 0 Å². The first-order valence-corrected chi connectivity index (χ1v) is 3.67. The minimum Gasteiger partial charge on any atom is -0.508 e. The van der Waals surface area contributed by atoms with Crippen molar-refractivity contribution in [2.24, 2.45) is 0 Å². The van der Waals surface area contributed by atoms with Crippen molar-refractivity contribution in [1.29, 1.82) is 0 Å². The van der Waals surface area contributed by atoms with Crippen LogP contribution < -0.4 is 14.9 Å². The van der Waals surface area contributed by atoms with Gasteiger partial charge < -0.3 is 24.6 Å². The molecule has 5 nitrogen and oxygen atoms in total. The van der Waals surface area contributed by atoms with Gasteiger partial charge in [0.25, 0.3) is 0 Å². The molecule has 6 heteroatoms. The molecule has 0 saturated carbocycles. The van der Waals surface area contributed by atoms with Gasteiger partial charge in [-0.25, -0.2) is 0 Å². The Hall–Kier alpha value is -1.40. The Balaban J connectivity index is 2.58. The van der Waals surface area contributed by atoms with Gasteiger partial charge in [0, 0.05) is 0 Å². The topological polar surface area (TPSA) is 79.2 Å². The maximum absolute atomic E-state index is 9.29. The van der Waals surface area contributed by atoms with E-state index >= 15 is 0 Å². The summed E-state index contributed by atoms with van der Waals surface area (Å²) in [4.78, 5) is 0. The molecule has 68 valence electrons. The van der Waals surface area contributed by atoms with Gasteiger partial charge in [0.2, 0.25) is 6.79 Å². The summed E-state index contributed by atoms with van der Waals surface area (Å²) in [5.74, 6) is 0.371. The summed E-state index contributed by atoms with van der Waals surface area (Å²) < 4.78 is 9.96. The molecule has 1 aliphatic heterocycles. The number of aromatic hydroxyl groups is 1. The monoisotopic (exact) mass is 182 g/mol. The van der Waals surface area contributed by atoms with Crippen LogP contribution in [0.25, 0.3) is 0 Å². The summed E-state index contributed by atoms with van der Waals surface area (Å²) in [6.07, 6.45) is 0. The van der Waals surface area contributed by atoms with Crippen LogP contribution in [0.5, 0.6) is 17.2 Å². The first-order valence-electron chi connectivity index (χ1n) is 3.67. The fraction of sp³-hybridized carbons (Fsp3) is 0.143. The normalized spacial score (nSPS) is 13.1. The third kappa shape index (κ3) is 1.20. The Bertz CT molecular complexity index is 338. The molecule has 0 amide bonds. The molecule has 0 bridgehead atoms. The molecule has 3 N–H and O–H groups in total. The molecule has 1 aliphatic rings. The molecule has 0 atom stereocenters. The Labute approximate surface area is 74.3 Å². The van der Waals surface area contributed by atoms with Crippen molar-refractivity contribution in [2.45, 2.75) is 0 Å². The quantitative estimate of drug-likeness (QED) is 0.475. The highest BCUT2D eigenvalue weighted by atomic mass is 16.7. The molecular weight excluding hydrogens is 175 g/mol. The smallest absolute Gasteiger partial charge is 0.496 e. The van der Waals surface area contributed by atoms with E-state index in [-0.39, 0.29) is 23.8 Å². The van der Waals surface area contributed by atoms with E-state index in [9.17, 15) is 5.11 Å². The maximum atomic E-state index is 9.29. The highest BCUT2D eigenvalue weighted by Crippen LogP contribution is 2.32. The van der Waals surface area contributed by atoms with E-state index in [1.54, 1.807) is 0 Å². The van der Waals surface area contributed by atoms with Gasteiger partial charge in [0.05, 0.1) is 5.46 Å². The number of phenols is 1.